The maximum atomic E-state index is 5.29. The van der Waals surface area contributed by atoms with E-state index in [-0.39, 0.29) is 5.41 Å². The molecule has 13 rings (SSSR count). The van der Waals surface area contributed by atoms with Crippen molar-refractivity contribution in [3.05, 3.63) is 235 Å². The van der Waals surface area contributed by atoms with E-state index in [4.69, 9.17) is 15.0 Å². The lowest BCUT2D eigenvalue weighted by atomic mass is 9.70. The molecule has 9 aromatic carbocycles. The van der Waals surface area contributed by atoms with Gasteiger partial charge >= 0.3 is 0 Å². The molecule has 288 valence electrons. The Hall–Kier alpha value is -7.79. The van der Waals surface area contributed by atoms with Crippen molar-refractivity contribution in [3.8, 4) is 78.7 Å². The number of hydrogen-bond acceptors (Lipinski definition) is 4. The van der Waals surface area contributed by atoms with E-state index in [9.17, 15) is 0 Å². The molecule has 0 aliphatic heterocycles. The lowest BCUT2D eigenvalue weighted by Crippen LogP contribution is -2.25. The summed E-state index contributed by atoms with van der Waals surface area (Å²) in [5.74, 6) is 1.96. The molecule has 62 heavy (non-hydrogen) atoms. The van der Waals surface area contributed by atoms with Gasteiger partial charge in [-0.15, -0.1) is 11.3 Å². The maximum Gasteiger partial charge on any atom is 0.164 e. The van der Waals surface area contributed by atoms with Crippen LogP contribution in [-0.2, 0) is 5.41 Å². The lowest BCUT2D eigenvalue weighted by Gasteiger charge is -2.30. The molecule has 2 heterocycles. The first kappa shape index (κ1) is 35.0. The van der Waals surface area contributed by atoms with Crippen molar-refractivity contribution in [2.75, 3.05) is 0 Å². The fraction of sp³-hybridized carbons (Fsp3) is 0.0172. The van der Waals surface area contributed by atoms with E-state index in [0.717, 1.165) is 27.8 Å². The Kier molecular flexibility index (Phi) is 7.69. The first-order valence-electron chi connectivity index (χ1n) is 21.1. The second kappa shape index (κ2) is 13.6. The van der Waals surface area contributed by atoms with Gasteiger partial charge in [0.25, 0.3) is 0 Å². The first-order valence-corrected chi connectivity index (χ1v) is 21.9. The normalized spacial score (nSPS) is 13.0. The molecule has 3 nitrogen and oxygen atoms in total. The van der Waals surface area contributed by atoms with Gasteiger partial charge in [-0.3, -0.25) is 0 Å². The number of nitrogens with zero attached hydrogens (tertiary/aromatic N) is 3. The van der Waals surface area contributed by atoms with Crippen LogP contribution in [0.3, 0.4) is 0 Å². The summed E-state index contributed by atoms with van der Waals surface area (Å²) >= 11 is 1.80. The zero-order valence-electron chi connectivity index (χ0n) is 33.5. The molecule has 0 fully saturated rings. The average molecular weight is 806 g/mol. The molecule has 1 spiro atoms. The third-order valence-electron chi connectivity index (χ3n) is 13.0. The van der Waals surface area contributed by atoms with Gasteiger partial charge in [0, 0.05) is 36.9 Å². The molecule has 0 unspecified atom stereocenters. The molecule has 0 N–H and O–H groups in total. The summed E-state index contributed by atoms with van der Waals surface area (Å²) in [6.45, 7) is 0. The fourth-order valence-electron chi connectivity index (χ4n) is 10.3. The van der Waals surface area contributed by atoms with E-state index >= 15 is 0 Å². The van der Waals surface area contributed by atoms with Gasteiger partial charge in [0.05, 0.1) is 5.41 Å². The lowest BCUT2D eigenvalue weighted by molar-refractivity contribution is 0.794. The van der Waals surface area contributed by atoms with Crippen LogP contribution < -0.4 is 0 Å². The summed E-state index contributed by atoms with van der Waals surface area (Å²) in [4.78, 5) is 15.6. The Morgan fingerprint density at radius 1 is 0.290 bits per heavy atom. The molecule has 4 heteroatoms. The maximum absolute atomic E-state index is 5.29. The molecule has 2 aromatic heterocycles. The monoisotopic (exact) mass is 805 g/mol. The summed E-state index contributed by atoms with van der Waals surface area (Å²) in [5.41, 5.74) is 17.7. The van der Waals surface area contributed by atoms with Gasteiger partial charge in [-0.1, -0.05) is 194 Å². The molecular weight excluding hydrogens is 771 g/mol. The zero-order valence-corrected chi connectivity index (χ0v) is 34.3. The smallest absolute Gasteiger partial charge is 0.164 e. The van der Waals surface area contributed by atoms with Crippen LogP contribution in [0, 0.1) is 0 Å². The SMILES string of the molecule is c1ccc(-c2nc(-c3ccccc3-c3ccc(-c4ccc5c(c4)C4(c6ccccc6-c6ccccc64)c4ccccc4-5)cc3)nc(-c3cccc4sc5ccccc5c34)n2)cc1. The quantitative estimate of drug-likeness (QED) is 0.174. The van der Waals surface area contributed by atoms with Crippen molar-refractivity contribution in [1.29, 1.82) is 0 Å². The summed E-state index contributed by atoms with van der Waals surface area (Å²) in [5, 5.41) is 2.39. The first-order chi connectivity index (χ1) is 30.7. The highest BCUT2D eigenvalue weighted by Gasteiger charge is 2.51. The molecule has 0 amide bonds. The molecule has 2 aliphatic rings. The van der Waals surface area contributed by atoms with Gasteiger partial charge < -0.3 is 0 Å². The van der Waals surface area contributed by atoms with Crippen molar-refractivity contribution in [3.63, 3.8) is 0 Å². The van der Waals surface area contributed by atoms with Crippen LogP contribution in [0.1, 0.15) is 22.3 Å². The van der Waals surface area contributed by atoms with E-state index in [1.807, 2.05) is 18.2 Å². The van der Waals surface area contributed by atoms with Gasteiger partial charge in [0.15, 0.2) is 17.5 Å². The number of benzene rings is 9. The van der Waals surface area contributed by atoms with Crippen LogP contribution in [0.2, 0.25) is 0 Å². The highest BCUT2D eigenvalue weighted by molar-refractivity contribution is 7.25. The van der Waals surface area contributed by atoms with E-state index in [0.29, 0.717) is 17.5 Å². The number of fused-ring (bicyclic) bond motifs is 13. The Morgan fingerprint density at radius 3 is 1.47 bits per heavy atom. The standard InChI is InChI=1S/C58H35N3S/c1-2-15-38(16-3-1)55-59-56(61-57(60-55)47-23-14-28-53-54(47)46-22-9-13-27-52(46)62-53)45-21-5-4-17-40(45)37-31-29-36(30-32-37)39-33-34-44-43-20-8-12-26-50(43)58(51(44)35-39)48-24-10-6-18-41(48)42-19-7-11-25-49(42)58/h1-35H. The summed E-state index contributed by atoms with van der Waals surface area (Å²) < 4.78 is 2.47. The van der Waals surface area contributed by atoms with E-state index < -0.39 is 0 Å². The van der Waals surface area contributed by atoms with Crippen molar-refractivity contribution in [2.24, 2.45) is 0 Å². The molecule has 0 saturated heterocycles. The molecule has 0 radical (unpaired) electrons. The second-order valence-electron chi connectivity index (χ2n) is 16.2. The van der Waals surface area contributed by atoms with Gasteiger partial charge in [-0.2, -0.15) is 0 Å². The Balaban J connectivity index is 0.933. The van der Waals surface area contributed by atoms with Crippen LogP contribution in [0.15, 0.2) is 212 Å². The fourth-order valence-corrected chi connectivity index (χ4v) is 11.5. The van der Waals surface area contributed by atoms with Crippen LogP contribution in [0.5, 0.6) is 0 Å². The highest BCUT2D eigenvalue weighted by atomic mass is 32.1. The van der Waals surface area contributed by atoms with Crippen molar-refractivity contribution < 1.29 is 0 Å². The van der Waals surface area contributed by atoms with Gasteiger partial charge in [-0.05, 0) is 85.0 Å². The topological polar surface area (TPSA) is 38.7 Å². The van der Waals surface area contributed by atoms with Crippen molar-refractivity contribution in [2.45, 2.75) is 5.41 Å². The van der Waals surface area contributed by atoms with E-state index in [2.05, 4.69) is 194 Å². The molecule has 0 bridgehead atoms. The van der Waals surface area contributed by atoms with Gasteiger partial charge in [0.1, 0.15) is 0 Å². The average Bonchev–Trinajstić information content (AvgIpc) is 3.98. The van der Waals surface area contributed by atoms with Crippen molar-refractivity contribution in [1.82, 2.24) is 15.0 Å². The van der Waals surface area contributed by atoms with Crippen molar-refractivity contribution >= 4 is 31.5 Å². The number of hydrogen-bond donors (Lipinski definition) is 0. The Morgan fingerprint density at radius 2 is 0.774 bits per heavy atom. The summed E-state index contributed by atoms with van der Waals surface area (Å²) in [6, 6.07) is 76.8. The zero-order chi connectivity index (χ0) is 40.8. The van der Waals surface area contributed by atoms with E-state index in [1.54, 1.807) is 11.3 Å². The van der Waals surface area contributed by atoms with Crippen LogP contribution >= 0.6 is 11.3 Å². The predicted molar refractivity (Wildman–Crippen MR) is 256 cm³/mol. The van der Waals surface area contributed by atoms with E-state index in [1.165, 1.54) is 75.8 Å². The van der Waals surface area contributed by atoms with Gasteiger partial charge in [0.2, 0.25) is 0 Å². The van der Waals surface area contributed by atoms with Gasteiger partial charge in [-0.25, -0.2) is 15.0 Å². The summed E-state index contributed by atoms with van der Waals surface area (Å²) in [6.07, 6.45) is 0. The molecule has 0 atom stereocenters. The highest BCUT2D eigenvalue weighted by Crippen LogP contribution is 2.63. The molecule has 2 aliphatic carbocycles. The number of rotatable bonds is 5. The minimum atomic E-state index is -0.377. The third-order valence-corrected chi connectivity index (χ3v) is 14.1. The Labute approximate surface area is 363 Å². The van der Waals surface area contributed by atoms with Crippen LogP contribution in [0.25, 0.3) is 98.8 Å². The largest absolute Gasteiger partial charge is 0.208 e. The van der Waals surface area contributed by atoms with Crippen LogP contribution in [0.4, 0.5) is 0 Å². The second-order valence-corrected chi connectivity index (χ2v) is 17.3. The Bertz CT molecular complexity index is 3520. The predicted octanol–water partition coefficient (Wildman–Crippen LogP) is 14.9. The molecule has 11 aromatic rings. The number of thiophene rings is 1. The number of aromatic nitrogens is 3. The third kappa shape index (κ3) is 5.08. The minimum absolute atomic E-state index is 0.377. The molecule has 0 saturated carbocycles. The van der Waals surface area contributed by atoms with Crippen LogP contribution in [-0.4, -0.2) is 15.0 Å². The molecular formula is C58H35N3S. The minimum Gasteiger partial charge on any atom is -0.208 e. The summed E-state index contributed by atoms with van der Waals surface area (Å²) in [7, 11) is 0.